The highest BCUT2D eigenvalue weighted by Gasteiger charge is 2.46. The number of allylic oxidation sites excluding steroid dienone is 1. The number of nitriles is 1. The number of aliphatic imine (C=N–C) groups is 1. The molecule has 0 saturated carbocycles. The Morgan fingerprint density at radius 1 is 1.35 bits per heavy atom. The van der Waals surface area contributed by atoms with Crippen molar-refractivity contribution in [2.75, 3.05) is 38.2 Å². The van der Waals surface area contributed by atoms with Crippen LogP contribution in [0.3, 0.4) is 0 Å². The lowest BCUT2D eigenvalue weighted by molar-refractivity contribution is -0.142. The number of alkyl halides is 3. The summed E-state index contributed by atoms with van der Waals surface area (Å²) in [4.78, 5) is 38.1. The van der Waals surface area contributed by atoms with Crippen molar-refractivity contribution in [1.82, 2.24) is 20.2 Å². The van der Waals surface area contributed by atoms with Crippen LogP contribution in [0.15, 0.2) is 41.0 Å². The molecule has 0 radical (unpaired) electrons. The van der Waals surface area contributed by atoms with Gasteiger partial charge in [-0.05, 0) is 30.2 Å². The molecule has 2 unspecified atom stereocenters. The van der Waals surface area contributed by atoms with Gasteiger partial charge < -0.3 is 36.1 Å². The number of amides is 3. The maximum absolute atomic E-state index is 12.7. The molecular weight excluding hydrogens is 567 g/mol. The number of aromatic amines is 1. The summed E-state index contributed by atoms with van der Waals surface area (Å²) in [7, 11) is 0. The van der Waals surface area contributed by atoms with Crippen LogP contribution >= 0.6 is 0 Å². The Hall–Kier alpha value is -4.84. The van der Waals surface area contributed by atoms with Crippen LogP contribution in [0, 0.1) is 34.0 Å². The van der Waals surface area contributed by atoms with Crippen molar-refractivity contribution in [2.45, 2.75) is 24.6 Å². The molecule has 2 fully saturated rings. The zero-order valence-electron chi connectivity index (χ0n) is 22.9. The summed E-state index contributed by atoms with van der Waals surface area (Å²) in [6.07, 6.45) is 3.01. The molecule has 12 nitrogen and oxygen atoms in total. The molecule has 3 amide bonds. The molecule has 15 heteroatoms. The number of halogens is 3. The molecule has 2 aromatic rings. The van der Waals surface area contributed by atoms with E-state index in [1.807, 2.05) is 0 Å². The number of carbonyl (C=O) groups excluding carboxylic acids is 2. The number of imidazole rings is 1. The first-order valence-corrected chi connectivity index (χ1v) is 13.3. The van der Waals surface area contributed by atoms with Gasteiger partial charge in [-0.1, -0.05) is 12.1 Å². The molecule has 5 N–H and O–H groups in total. The summed E-state index contributed by atoms with van der Waals surface area (Å²) in [5.41, 5.74) is 1.00. The maximum atomic E-state index is 12.7. The van der Waals surface area contributed by atoms with Crippen LogP contribution in [0.5, 0.6) is 0 Å². The van der Waals surface area contributed by atoms with Crippen LogP contribution in [0.2, 0.25) is 0 Å². The van der Waals surface area contributed by atoms with E-state index >= 15 is 0 Å². The first-order chi connectivity index (χ1) is 20.5. The third-order valence-electron chi connectivity index (χ3n) is 6.99. The fraction of sp³-hybridized carbons (Fsp3) is 0.393. The number of rotatable bonds is 11. The molecule has 2 saturated heterocycles. The van der Waals surface area contributed by atoms with Gasteiger partial charge in [0.2, 0.25) is 5.91 Å². The van der Waals surface area contributed by atoms with Gasteiger partial charge in [-0.15, -0.1) is 0 Å². The number of anilines is 1. The Morgan fingerprint density at radius 2 is 2.14 bits per heavy atom. The molecule has 4 rings (SSSR count). The van der Waals surface area contributed by atoms with Gasteiger partial charge in [0.05, 0.1) is 42.8 Å². The van der Waals surface area contributed by atoms with Crippen molar-refractivity contribution in [1.29, 1.82) is 16.1 Å². The Balaban J connectivity index is 1.43. The molecule has 2 aliphatic heterocycles. The molecule has 2 atom stereocenters. The highest BCUT2D eigenvalue weighted by Crippen LogP contribution is 2.31. The molecule has 0 bridgehead atoms. The number of carbonyl (C=O) groups is 2. The molecule has 2 aliphatic rings. The largest absolute Gasteiger partial charge is 0.405 e. The fourth-order valence-corrected chi connectivity index (χ4v) is 4.73. The van der Waals surface area contributed by atoms with Gasteiger partial charge in [0.1, 0.15) is 17.9 Å². The summed E-state index contributed by atoms with van der Waals surface area (Å²) >= 11 is 0. The van der Waals surface area contributed by atoms with Gasteiger partial charge in [0, 0.05) is 49.6 Å². The van der Waals surface area contributed by atoms with Crippen molar-refractivity contribution in [2.24, 2.45) is 16.8 Å². The number of ether oxygens (including phenoxy) is 1. The number of likely N-dealkylation sites (tertiary alicyclic amines) is 1. The highest BCUT2D eigenvalue weighted by atomic mass is 19.4. The number of nitrogens with one attached hydrogen (secondary N) is 5. The van der Waals surface area contributed by atoms with E-state index in [1.54, 1.807) is 34.5 Å². The summed E-state index contributed by atoms with van der Waals surface area (Å²) in [6, 6.07) is 7.53. The number of H-pyrrole nitrogens is 1. The molecule has 1 aromatic carbocycles. The second-order valence-electron chi connectivity index (χ2n) is 10.3. The lowest BCUT2D eigenvalue weighted by Gasteiger charge is -2.47. The SMILES string of the molecule is N#CCC1(N=CC(C=N)/C(C=N)=C/c2ncc(-c3cccc(NC(=O)NCC(F)(F)F)c3)[nH]2)CN(C(=O)C2CCOC2)C1. The first kappa shape index (κ1) is 31.1. The third-order valence-corrected chi connectivity index (χ3v) is 6.99. The van der Waals surface area contributed by atoms with E-state index in [0.29, 0.717) is 55.4 Å². The summed E-state index contributed by atoms with van der Waals surface area (Å²) in [5.74, 6) is -0.520. The Labute approximate surface area is 245 Å². The van der Waals surface area contributed by atoms with E-state index in [9.17, 15) is 28.0 Å². The summed E-state index contributed by atoms with van der Waals surface area (Å²) in [5, 5.41) is 29.3. The second-order valence-corrected chi connectivity index (χ2v) is 10.3. The highest BCUT2D eigenvalue weighted by molar-refractivity contribution is 5.99. The van der Waals surface area contributed by atoms with Crippen LogP contribution in [0.4, 0.5) is 23.7 Å². The van der Waals surface area contributed by atoms with E-state index in [2.05, 4.69) is 26.3 Å². The van der Waals surface area contributed by atoms with E-state index in [1.165, 1.54) is 18.5 Å². The van der Waals surface area contributed by atoms with Crippen molar-refractivity contribution < 1.29 is 27.5 Å². The number of benzene rings is 1. The maximum Gasteiger partial charge on any atom is 0.405 e. The fourth-order valence-electron chi connectivity index (χ4n) is 4.73. The normalized spacial score (nSPS) is 18.9. The topological polar surface area (TPSA) is 183 Å². The molecule has 0 aliphatic carbocycles. The van der Waals surface area contributed by atoms with Gasteiger partial charge in [0.25, 0.3) is 0 Å². The minimum Gasteiger partial charge on any atom is -0.381 e. The lowest BCUT2D eigenvalue weighted by atomic mass is 9.85. The quantitative estimate of drug-likeness (QED) is 0.247. The zero-order chi connectivity index (χ0) is 31.0. The smallest absolute Gasteiger partial charge is 0.381 e. The van der Waals surface area contributed by atoms with Crippen LogP contribution in [-0.4, -0.2) is 90.0 Å². The zero-order valence-corrected chi connectivity index (χ0v) is 22.9. The average molecular weight is 598 g/mol. The van der Waals surface area contributed by atoms with Crippen molar-refractivity contribution in [3.63, 3.8) is 0 Å². The van der Waals surface area contributed by atoms with Gasteiger partial charge in [-0.25, -0.2) is 9.78 Å². The number of aromatic nitrogens is 2. The molecular formula is C28H30F3N9O3. The van der Waals surface area contributed by atoms with Gasteiger partial charge in [-0.3, -0.25) is 9.79 Å². The summed E-state index contributed by atoms with van der Waals surface area (Å²) < 4.78 is 42.3. The number of hydrogen-bond acceptors (Lipinski definition) is 8. The Bertz CT molecular complexity index is 1450. The van der Waals surface area contributed by atoms with Crippen molar-refractivity contribution in [3.05, 3.63) is 41.9 Å². The second kappa shape index (κ2) is 13.4. The van der Waals surface area contributed by atoms with Gasteiger partial charge in [0.15, 0.2) is 0 Å². The van der Waals surface area contributed by atoms with Crippen LogP contribution < -0.4 is 10.6 Å². The molecule has 226 valence electrons. The van der Waals surface area contributed by atoms with Crippen LogP contribution in [0.25, 0.3) is 17.3 Å². The van der Waals surface area contributed by atoms with Crippen LogP contribution in [0.1, 0.15) is 18.7 Å². The molecule has 3 heterocycles. The van der Waals surface area contributed by atoms with Crippen molar-refractivity contribution >= 4 is 42.3 Å². The number of nitrogens with zero attached hydrogens (tertiary/aromatic N) is 4. The lowest BCUT2D eigenvalue weighted by Crippen LogP contribution is -2.63. The van der Waals surface area contributed by atoms with Gasteiger partial charge >= 0.3 is 12.2 Å². The minimum absolute atomic E-state index is 0.00962. The Kier molecular flexibility index (Phi) is 9.71. The Morgan fingerprint density at radius 3 is 2.79 bits per heavy atom. The van der Waals surface area contributed by atoms with Crippen LogP contribution in [-0.2, 0) is 9.53 Å². The molecule has 1 aromatic heterocycles. The van der Waals surface area contributed by atoms with E-state index in [4.69, 9.17) is 15.6 Å². The monoisotopic (exact) mass is 597 g/mol. The number of urea groups is 1. The van der Waals surface area contributed by atoms with Crippen molar-refractivity contribution in [3.8, 4) is 17.3 Å². The predicted octanol–water partition coefficient (Wildman–Crippen LogP) is 3.66. The van der Waals surface area contributed by atoms with E-state index < -0.39 is 30.2 Å². The van der Waals surface area contributed by atoms with Gasteiger partial charge in [-0.2, -0.15) is 18.4 Å². The molecule has 0 spiro atoms. The minimum atomic E-state index is -4.53. The predicted molar refractivity (Wildman–Crippen MR) is 153 cm³/mol. The summed E-state index contributed by atoms with van der Waals surface area (Å²) in [6.45, 7) is 0.0749. The molecule has 43 heavy (non-hydrogen) atoms. The van der Waals surface area contributed by atoms with E-state index in [0.717, 1.165) is 12.4 Å². The first-order valence-electron chi connectivity index (χ1n) is 13.3. The standard InChI is InChI=1S/C28H30F3N9O3/c29-28(30,31)15-36-26(42)38-22-3-1-2-18(8-22)23-13-35-24(39-23)9-20(10-33)21(11-34)12-37-27(5-6-32)16-40(17-27)25(41)19-4-7-43-14-19/h1-3,8-13,19,21,33-34H,4-5,7,14-17H2,(H,35,39)(H2,36,38,42)/b20-9+,33-10?,34-11?,37-12?. The number of hydrogen-bond donors (Lipinski definition) is 5. The average Bonchev–Trinajstić information content (AvgIpc) is 3.66. The third kappa shape index (κ3) is 8.13. The van der Waals surface area contributed by atoms with E-state index in [-0.39, 0.29) is 23.9 Å².